The molecule has 2 aromatic rings. The Labute approximate surface area is 96.7 Å². The maximum absolute atomic E-state index is 11.1. The minimum absolute atomic E-state index is 0.326. The zero-order chi connectivity index (χ0) is 12.3. The number of carbonyl (C=O) groups excluding carboxylic acids is 1. The summed E-state index contributed by atoms with van der Waals surface area (Å²) in [7, 11) is 0. The van der Waals surface area contributed by atoms with E-state index in [1.165, 1.54) is 6.08 Å². The van der Waals surface area contributed by atoms with Crippen LogP contribution in [-0.2, 0) is 9.53 Å². The van der Waals surface area contributed by atoms with Gasteiger partial charge in [0.1, 0.15) is 0 Å². The number of benzene rings is 1. The highest BCUT2D eigenvalue weighted by molar-refractivity contribution is 5.91. The average Bonchev–Trinajstić information content (AvgIpc) is 2.67. The van der Waals surface area contributed by atoms with Gasteiger partial charge in [-0.2, -0.15) is 0 Å². The van der Waals surface area contributed by atoms with E-state index in [0.717, 1.165) is 0 Å². The predicted octanol–water partition coefficient (Wildman–Crippen LogP) is 1.70. The quantitative estimate of drug-likeness (QED) is 0.646. The Morgan fingerprint density at radius 2 is 2.35 bits per heavy atom. The Morgan fingerprint density at radius 3 is 3.12 bits per heavy atom. The Balaban J connectivity index is 2.35. The molecule has 0 amide bonds. The van der Waals surface area contributed by atoms with Gasteiger partial charge >= 0.3 is 11.7 Å². The molecule has 1 heterocycles. The van der Waals surface area contributed by atoms with Crippen LogP contribution in [0.2, 0.25) is 0 Å². The van der Waals surface area contributed by atoms with E-state index in [1.54, 1.807) is 31.2 Å². The third-order valence-corrected chi connectivity index (χ3v) is 2.16. The molecule has 5 heteroatoms. The molecule has 1 N–H and O–H groups in total. The Bertz CT molecular complexity index is 621. The molecule has 2 rings (SSSR count). The van der Waals surface area contributed by atoms with Gasteiger partial charge in [0.05, 0.1) is 12.1 Å². The van der Waals surface area contributed by atoms with E-state index in [0.29, 0.717) is 23.3 Å². The first-order valence-electron chi connectivity index (χ1n) is 5.17. The second-order valence-electron chi connectivity index (χ2n) is 3.32. The number of hydrogen-bond acceptors (Lipinski definition) is 4. The minimum Gasteiger partial charge on any atom is -0.463 e. The summed E-state index contributed by atoms with van der Waals surface area (Å²) >= 11 is 0. The van der Waals surface area contributed by atoms with E-state index in [2.05, 4.69) is 4.98 Å². The van der Waals surface area contributed by atoms with Crippen molar-refractivity contribution in [2.45, 2.75) is 6.92 Å². The molecular weight excluding hydrogens is 222 g/mol. The first-order valence-corrected chi connectivity index (χ1v) is 5.17. The lowest BCUT2D eigenvalue weighted by molar-refractivity contribution is -0.137. The van der Waals surface area contributed by atoms with Crippen LogP contribution in [0.25, 0.3) is 17.2 Å². The van der Waals surface area contributed by atoms with Crippen LogP contribution in [0.3, 0.4) is 0 Å². The van der Waals surface area contributed by atoms with E-state index < -0.39 is 11.7 Å². The van der Waals surface area contributed by atoms with Gasteiger partial charge in [-0.25, -0.2) is 9.59 Å². The van der Waals surface area contributed by atoms with Crippen LogP contribution in [0.1, 0.15) is 12.5 Å². The molecule has 1 aromatic heterocycles. The second-order valence-corrected chi connectivity index (χ2v) is 3.32. The third kappa shape index (κ3) is 2.44. The second kappa shape index (κ2) is 4.69. The van der Waals surface area contributed by atoms with Gasteiger partial charge in [-0.3, -0.25) is 4.98 Å². The summed E-state index contributed by atoms with van der Waals surface area (Å²) in [6.45, 7) is 2.06. The van der Waals surface area contributed by atoms with Gasteiger partial charge < -0.3 is 9.15 Å². The first-order chi connectivity index (χ1) is 8.20. The molecule has 0 aliphatic carbocycles. The fourth-order valence-corrected chi connectivity index (χ4v) is 1.47. The number of para-hydroxylation sites is 1. The highest BCUT2D eigenvalue weighted by Crippen LogP contribution is 2.16. The molecule has 0 spiro atoms. The molecule has 17 heavy (non-hydrogen) atoms. The highest BCUT2D eigenvalue weighted by Gasteiger charge is 2.04. The topological polar surface area (TPSA) is 72.3 Å². The van der Waals surface area contributed by atoms with Crippen molar-refractivity contribution in [3.8, 4) is 0 Å². The van der Waals surface area contributed by atoms with Gasteiger partial charge in [0, 0.05) is 11.6 Å². The van der Waals surface area contributed by atoms with Crippen LogP contribution in [0.5, 0.6) is 0 Å². The predicted molar refractivity (Wildman–Crippen MR) is 62.5 cm³/mol. The number of hydrogen-bond donors (Lipinski definition) is 1. The lowest BCUT2D eigenvalue weighted by Gasteiger charge is -1.95. The summed E-state index contributed by atoms with van der Waals surface area (Å²) in [5.74, 6) is -0.945. The number of aromatic nitrogens is 1. The van der Waals surface area contributed by atoms with E-state index in [9.17, 15) is 9.59 Å². The van der Waals surface area contributed by atoms with Crippen molar-refractivity contribution >= 4 is 23.1 Å². The van der Waals surface area contributed by atoms with Crippen LogP contribution in [0.4, 0.5) is 0 Å². The summed E-state index contributed by atoms with van der Waals surface area (Å²) in [4.78, 5) is 24.7. The van der Waals surface area contributed by atoms with E-state index in [1.807, 2.05) is 0 Å². The molecule has 5 nitrogen and oxygen atoms in total. The SMILES string of the molecule is CCOC(=O)/C=C/c1cccc2[nH]c(=O)oc12. The Kier molecular flexibility index (Phi) is 3.09. The number of H-pyrrole nitrogens is 1. The van der Waals surface area contributed by atoms with Gasteiger partial charge in [0.15, 0.2) is 5.58 Å². The monoisotopic (exact) mass is 233 g/mol. The number of oxazole rings is 1. The number of aromatic amines is 1. The minimum atomic E-state index is -0.517. The number of rotatable bonds is 3. The standard InChI is InChI=1S/C12H11NO4/c1-2-16-10(14)7-6-8-4-3-5-9-11(8)17-12(15)13-9/h3-7H,2H2,1H3,(H,13,15)/b7-6+. The molecule has 0 saturated carbocycles. The van der Waals surface area contributed by atoms with Crippen LogP contribution >= 0.6 is 0 Å². The van der Waals surface area contributed by atoms with Crippen molar-refractivity contribution in [2.75, 3.05) is 6.61 Å². The summed E-state index contributed by atoms with van der Waals surface area (Å²) in [5, 5.41) is 0. The van der Waals surface area contributed by atoms with Crippen molar-refractivity contribution in [3.63, 3.8) is 0 Å². The van der Waals surface area contributed by atoms with Crippen LogP contribution < -0.4 is 5.76 Å². The smallest absolute Gasteiger partial charge is 0.417 e. The van der Waals surface area contributed by atoms with Crippen molar-refractivity contribution in [1.29, 1.82) is 0 Å². The molecule has 0 saturated heterocycles. The van der Waals surface area contributed by atoms with E-state index >= 15 is 0 Å². The Hall–Kier alpha value is -2.30. The number of esters is 1. The van der Waals surface area contributed by atoms with Crippen LogP contribution in [-0.4, -0.2) is 17.6 Å². The summed E-state index contributed by atoms with van der Waals surface area (Å²) < 4.78 is 9.73. The number of ether oxygens (including phenoxy) is 1. The lowest BCUT2D eigenvalue weighted by atomic mass is 10.2. The zero-order valence-corrected chi connectivity index (χ0v) is 9.23. The Morgan fingerprint density at radius 1 is 1.53 bits per heavy atom. The van der Waals surface area contributed by atoms with Gasteiger partial charge in [-0.15, -0.1) is 0 Å². The summed E-state index contributed by atoms with van der Waals surface area (Å²) in [6, 6.07) is 5.23. The van der Waals surface area contributed by atoms with Gasteiger partial charge in [0.2, 0.25) is 0 Å². The van der Waals surface area contributed by atoms with Crippen LogP contribution in [0, 0.1) is 0 Å². The van der Waals surface area contributed by atoms with E-state index in [4.69, 9.17) is 9.15 Å². The average molecular weight is 233 g/mol. The van der Waals surface area contributed by atoms with Crippen molar-refractivity contribution in [2.24, 2.45) is 0 Å². The lowest BCUT2D eigenvalue weighted by Crippen LogP contribution is -1.98. The first kappa shape index (κ1) is 11.2. The molecule has 0 fully saturated rings. The van der Waals surface area contributed by atoms with Crippen molar-refractivity contribution < 1.29 is 13.9 Å². The molecule has 88 valence electrons. The summed E-state index contributed by atoms with van der Waals surface area (Å²) in [6.07, 6.45) is 2.85. The fraction of sp³-hybridized carbons (Fsp3) is 0.167. The molecule has 0 radical (unpaired) electrons. The molecule has 0 atom stereocenters. The molecule has 1 aromatic carbocycles. The maximum Gasteiger partial charge on any atom is 0.417 e. The van der Waals surface area contributed by atoms with Gasteiger partial charge in [0.25, 0.3) is 0 Å². The maximum atomic E-state index is 11.1. The van der Waals surface area contributed by atoms with Gasteiger partial charge in [-0.05, 0) is 19.1 Å². The van der Waals surface area contributed by atoms with Crippen molar-refractivity contribution in [1.82, 2.24) is 4.98 Å². The fourth-order valence-electron chi connectivity index (χ4n) is 1.47. The van der Waals surface area contributed by atoms with Gasteiger partial charge in [-0.1, -0.05) is 12.1 Å². The van der Waals surface area contributed by atoms with E-state index in [-0.39, 0.29) is 0 Å². The molecule has 0 aliphatic rings. The number of carbonyl (C=O) groups is 1. The molecule has 0 bridgehead atoms. The van der Waals surface area contributed by atoms with Crippen molar-refractivity contribution in [3.05, 3.63) is 40.4 Å². The molecular formula is C12H11NO4. The zero-order valence-electron chi connectivity index (χ0n) is 9.23. The largest absolute Gasteiger partial charge is 0.463 e. The third-order valence-electron chi connectivity index (χ3n) is 2.16. The number of nitrogens with one attached hydrogen (secondary N) is 1. The highest BCUT2D eigenvalue weighted by atomic mass is 16.5. The molecule has 0 aliphatic heterocycles. The number of fused-ring (bicyclic) bond motifs is 1. The normalized spacial score (nSPS) is 11.1. The molecule has 0 unspecified atom stereocenters. The van der Waals surface area contributed by atoms with Crippen LogP contribution in [0.15, 0.2) is 33.5 Å². The summed E-state index contributed by atoms with van der Waals surface area (Å²) in [5.41, 5.74) is 1.67.